The van der Waals surface area contributed by atoms with Crippen molar-refractivity contribution in [2.45, 2.75) is 6.42 Å². The van der Waals surface area contributed by atoms with Gasteiger partial charge in [0.15, 0.2) is 5.76 Å². The zero-order chi connectivity index (χ0) is 13.2. The fourth-order valence-electron chi connectivity index (χ4n) is 1.88. The van der Waals surface area contributed by atoms with Crippen molar-refractivity contribution in [2.24, 2.45) is 5.10 Å². The molecule has 0 saturated heterocycles. The third kappa shape index (κ3) is 2.06. The molecule has 2 aromatic rings. The topological polar surface area (TPSA) is 62.9 Å². The van der Waals surface area contributed by atoms with E-state index in [4.69, 9.17) is 4.42 Å². The number of carbonyl (C=O) groups excluding carboxylic acids is 2. The summed E-state index contributed by atoms with van der Waals surface area (Å²) in [5, 5.41) is 4.95. The summed E-state index contributed by atoms with van der Waals surface area (Å²) in [5.41, 5.74) is 1.43. The first kappa shape index (κ1) is 11.4. The van der Waals surface area contributed by atoms with Gasteiger partial charge in [0.1, 0.15) is 0 Å². The molecule has 0 unspecified atom stereocenters. The number of hydrogen-bond donors (Lipinski definition) is 0. The van der Waals surface area contributed by atoms with E-state index in [1.54, 1.807) is 6.07 Å². The Labute approximate surface area is 109 Å². The van der Waals surface area contributed by atoms with Crippen LogP contribution in [0.2, 0.25) is 0 Å². The van der Waals surface area contributed by atoms with Crippen LogP contribution in [0.3, 0.4) is 0 Å². The van der Waals surface area contributed by atoms with E-state index in [2.05, 4.69) is 5.10 Å². The number of imide groups is 1. The summed E-state index contributed by atoms with van der Waals surface area (Å²) in [5.74, 6) is -0.785. The van der Waals surface area contributed by atoms with Crippen molar-refractivity contribution in [3.05, 3.63) is 60.1 Å². The second-order valence-corrected chi connectivity index (χ2v) is 4.08. The minimum Gasteiger partial charge on any atom is -0.459 e. The molecule has 1 aromatic carbocycles. The van der Waals surface area contributed by atoms with E-state index < -0.39 is 5.91 Å². The Balaban J connectivity index is 1.90. The van der Waals surface area contributed by atoms with Gasteiger partial charge in [-0.25, -0.2) is 0 Å². The predicted octanol–water partition coefficient (Wildman–Crippen LogP) is 2.06. The van der Waals surface area contributed by atoms with Gasteiger partial charge in [-0.1, -0.05) is 30.3 Å². The van der Waals surface area contributed by atoms with E-state index in [9.17, 15) is 9.59 Å². The number of hydrazone groups is 1. The molecule has 3 rings (SSSR count). The van der Waals surface area contributed by atoms with E-state index in [1.807, 2.05) is 30.3 Å². The Morgan fingerprint density at radius 2 is 1.95 bits per heavy atom. The van der Waals surface area contributed by atoms with E-state index in [-0.39, 0.29) is 18.1 Å². The normalized spacial score (nSPS) is 14.6. The monoisotopic (exact) mass is 254 g/mol. The standard InChI is InChI=1S/C14H10N2O3/c17-13-9-11(10-5-2-1-3-6-10)15-16(13)14(18)12-7-4-8-19-12/h1-8H,9H2. The highest BCUT2D eigenvalue weighted by atomic mass is 16.3. The smallest absolute Gasteiger partial charge is 0.316 e. The van der Waals surface area contributed by atoms with Crippen LogP contribution in [0.1, 0.15) is 22.5 Å². The molecule has 2 heterocycles. The highest BCUT2D eigenvalue weighted by Gasteiger charge is 2.31. The summed E-state index contributed by atoms with van der Waals surface area (Å²) in [4.78, 5) is 23.8. The van der Waals surface area contributed by atoms with Crippen LogP contribution in [0.25, 0.3) is 0 Å². The summed E-state index contributed by atoms with van der Waals surface area (Å²) < 4.78 is 4.98. The first-order chi connectivity index (χ1) is 9.25. The quantitative estimate of drug-likeness (QED) is 0.770. The Kier molecular flexibility index (Phi) is 2.72. The Morgan fingerprint density at radius 3 is 2.63 bits per heavy atom. The molecule has 0 spiro atoms. The van der Waals surface area contributed by atoms with Gasteiger partial charge in [0, 0.05) is 0 Å². The van der Waals surface area contributed by atoms with Crippen LogP contribution in [0.4, 0.5) is 0 Å². The molecule has 1 aromatic heterocycles. The van der Waals surface area contributed by atoms with Gasteiger partial charge in [0.2, 0.25) is 0 Å². The number of carbonyl (C=O) groups is 2. The zero-order valence-corrected chi connectivity index (χ0v) is 9.95. The van der Waals surface area contributed by atoms with Crippen LogP contribution in [-0.4, -0.2) is 22.5 Å². The lowest BCUT2D eigenvalue weighted by molar-refractivity contribution is -0.126. The maximum absolute atomic E-state index is 12.0. The van der Waals surface area contributed by atoms with Crippen molar-refractivity contribution in [1.29, 1.82) is 0 Å². The summed E-state index contributed by atoms with van der Waals surface area (Å²) >= 11 is 0. The van der Waals surface area contributed by atoms with Crippen LogP contribution in [0, 0.1) is 0 Å². The molecule has 94 valence electrons. The van der Waals surface area contributed by atoms with Crippen molar-refractivity contribution in [3.63, 3.8) is 0 Å². The molecule has 0 bridgehead atoms. The molecule has 0 atom stereocenters. The van der Waals surface area contributed by atoms with Crippen LogP contribution in [0.5, 0.6) is 0 Å². The molecular formula is C14H10N2O3. The average Bonchev–Trinajstić information content (AvgIpc) is 3.08. The second kappa shape index (κ2) is 4.53. The SMILES string of the molecule is O=C1CC(c2ccccc2)=NN1C(=O)c1ccco1. The molecule has 5 nitrogen and oxygen atoms in total. The van der Waals surface area contributed by atoms with Crippen LogP contribution in [0.15, 0.2) is 58.2 Å². The summed E-state index contributed by atoms with van der Waals surface area (Å²) in [6, 6.07) is 12.4. The minimum atomic E-state index is -0.541. The summed E-state index contributed by atoms with van der Waals surface area (Å²) in [6.07, 6.45) is 1.51. The van der Waals surface area contributed by atoms with Crippen LogP contribution < -0.4 is 0 Å². The second-order valence-electron chi connectivity index (χ2n) is 4.08. The summed E-state index contributed by atoms with van der Waals surface area (Å²) in [6.45, 7) is 0. The maximum Gasteiger partial charge on any atom is 0.316 e. The molecule has 2 amide bonds. The average molecular weight is 254 g/mol. The molecule has 0 saturated carbocycles. The number of nitrogens with zero attached hydrogens (tertiary/aromatic N) is 2. The van der Waals surface area contributed by atoms with Gasteiger partial charge < -0.3 is 4.42 Å². The fourth-order valence-corrected chi connectivity index (χ4v) is 1.88. The van der Waals surface area contributed by atoms with Gasteiger partial charge >= 0.3 is 5.91 Å². The van der Waals surface area contributed by atoms with Gasteiger partial charge in [-0.3, -0.25) is 9.59 Å². The Morgan fingerprint density at radius 1 is 1.16 bits per heavy atom. The lowest BCUT2D eigenvalue weighted by atomic mass is 10.1. The molecule has 0 N–H and O–H groups in total. The molecule has 1 aliphatic rings. The Bertz CT molecular complexity index is 645. The molecular weight excluding hydrogens is 244 g/mol. The van der Waals surface area contributed by atoms with Crippen molar-refractivity contribution < 1.29 is 14.0 Å². The van der Waals surface area contributed by atoms with Crippen molar-refractivity contribution in [2.75, 3.05) is 0 Å². The zero-order valence-electron chi connectivity index (χ0n) is 9.95. The fraction of sp³-hybridized carbons (Fsp3) is 0.0714. The van der Waals surface area contributed by atoms with Crippen molar-refractivity contribution in [1.82, 2.24) is 5.01 Å². The highest BCUT2D eigenvalue weighted by molar-refractivity contribution is 6.18. The lowest BCUT2D eigenvalue weighted by Gasteiger charge is -2.06. The Hall–Kier alpha value is -2.69. The van der Waals surface area contributed by atoms with Crippen molar-refractivity contribution >= 4 is 17.5 Å². The third-order valence-electron chi connectivity index (χ3n) is 2.81. The van der Waals surface area contributed by atoms with E-state index in [0.29, 0.717) is 5.71 Å². The van der Waals surface area contributed by atoms with Crippen molar-refractivity contribution in [3.8, 4) is 0 Å². The lowest BCUT2D eigenvalue weighted by Crippen LogP contribution is -2.27. The van der Waals surface area contributed by atoms with Gasteiger partial charge in [-0.15, -0.1) is 0 Å². The van der Waals surface area contributed by atoms with Gasteiger partial charge in [-0.2, -0.15) is 10.1 Å². The molecule has 19 heavy (non-hydrogen) atoms. The number of rotatable bonds is 2. The highest BCUT2D eigenvalue weighted by Crippen LogP contribution is 2.17. The molecule has 0 fully saturated rings. The predicted molar refractivity (Wildman–Crippen MR) is 67.5 cm³/mol. The van der Waals surface area contributed by atoms with Crippen LogP contribution in [-0.2, 0) is 4.79 Å². The van der Waals surface area contributed by atoms with E-state index in [0.717, 1.165) is 10.6 Å². The largest absolute Gasteiger partial charge is 0.459 e. The number of hydrogen-bond acceptors (Lipinski definition) is 4. The number of furan rings is 1. The van der Waals surface area contributed by atoms with E-state index >= 15 is 0 Å². The molecule has 0 aliphatic carbocycles. The van der Waals surface area contributed by atoms with Gasteiger partial charge in [-0.05, 0) is 17.7 Å². The van der Waals surface area contributed by atoms with E-state index in [1.165, 1.54) is 12.3 Å². The van der Waals surface area contributed by atoms with Crippen LogP contribution >= 0.6 is 0 Å². The van der Waals surface area contributed by atoms with Gasteiger partial charge in [0.05, 0.1) is 18.4 Å². The first-order valence-corrected chi connectivity index (χ1v) is 5.79. The molecule has 5 heteroatoms. The van der Waals surface area contributed by atoms with Gasteiger partial charge in [0.25, 0.3) is 5.91 Å². The molecule has 0 radical (unpaired) electrons. The first-order valence-electron chi connectivity index (χ1n) is 5.79. The number of benzene rings is 1. The molecule has 1 aliphatic heterocycles. The summed E-state index contributed by atoms with van der Waals surface area (Å²) in [7, 11) is 0. The third-order valence-corrected chi connectivity index (χ3v) is 2.81. The minimum absolute atomic E-state index is 0.103. The number of amides is 2. The maximum atomic E-state index is 12.0.